The van der Waals surface area contributed by atoms with Crippen molar-refractivity contribution < 1.29 is 14.6 Å². The molecule has 5 rings (SSSR count). The molecule has 2 aromatic carbocycles. The van der Waals surface area contributed by atoms with Crippen LogP contribution in [0, 0.1) is 4.77 Å². The van der Waals surface area contributed by atoms with E-state index in [2.05, 4.69) is 9.80 Å². The average molecular weight is 454 g/mol. The summed E-state index contributed by atoms with van der Waals surface area (Å²) in [5.74, 6) is 2.19. The molecule has 1 aromatic heterocycles. The quantitative estimate of drug-likeness (QED) is 0.575. The molecular weight excluding hydrogens is 426 g/mol. The summed E-state index contributed by atoms with van der Waals surface area (Å²) < 4.78 is 16.7. The van der Waals surface area contributed by atoms with Gasteiger partial charge in [0.2, 0.25) is 4.77 Å². The standard InChI is InChI=1S/C23H27N5O3S/c29-15-14-25-10-12-26(13-11-25)17-27-23(32)28(18-6-2-1-3-7-18)22(24-27)21-16-30-19-8-4-5-9-20(19)31-21/h1-9,21,29H,10-17H2. The third kappa shape index (κ3) is 4.29. The van der Waals surface area contributed by atoms with Crippen molar-refractivity contribution in [2.45, 2.75) is 12.8 Å². The van der Waals surface area contributed by atoms with Crippen LogP contribution in [0.5, 0.6) is 11.5 Å². The number of nitrogens with zero attached hydrogens (tertiary/aromatic N) is 5. The Morgan fingerprint density at radius 2 is 1.62 bits per heavy atom. The number of para-hydroxylation sites is 3. The lowest BCUT2D eigenvalue weighted by molar-refractivity contribution is 0.0798. The highest BCUT2D eigenvalue weighted by Gasteiger charge is 2.29. The summed E-state index contributed by atoms with van der Waals surface area (Å²) in [5, 5.41) is 14.1. The molecule has 1 unspecified atom stereocenters. The molecule has 2 aliphatic heterocycles. The molecule has 0 saturated carbocycles. The lowest BCUT2D eigenvalue weighted by Gasteiger charge is -2.33. The molecule has 168 valence electrons. The minimum Gasteiger partial charge on any atom is -0.485 e. The number of piperazine rings is 1. The van der Waals surface area contributed by atoms with Crippen molar-refractivity contribution in [3.63, 3.8) is 0 Å². The molecule has 1 fully saturated rings. The Hall–Kier alpha value is -2.72. The molecular formula is C23H27N5O3S. The van der Waals surface area contributed by atoms with Crippen LogP contribution in [0.4, 0.5) is 0 Å². The van der Waals surface area contributed by atoms with E-state index in [-0.39, 0.29) is 12.7 Å². The highest BCUT2D eigenvalue weighted by molar-refractivity contribution is 7.71. The minimum absolute atomic E-state index is 0.197. The third-order valence-corrected chi connectivity index (χ3v) is 6.28. The second kappa shape index (κ2) is 9.41. The number of aliphatic hydroxyl groups excluding tert-OH is 1. The Balaban J connectivity index is 1.44. The van der Waals surface area contributed by atoms with Gasteiger partial charge in [-0.3, -0.25) is 14.4 Å². The van der Waals surface area contributed by atoms with Crippen molar-refractivity contribution in [3.05, 3.63) is 65.2 Å². The number of rotatable bonds is 6. The zero-order valence-corrected chi connectivity index (χ0v) is 18.7. The molecule has 1 atom stereocenters. The van der Waals surface area contributed by atoms with Crippen LogP contribution in [0.25, 0.3) is 5.69 Å². The van der Waals surface area contributed by atoms with Gasteiger partial charge < -0.3 is 14.6 Å². The Morgan fingerprint density at radius 1 is 0.938 bits per heavy atom. The number of ether oxygens (including phenoxy) is 2. The molecule has 0 spiro atoms. The average Bonchev–Trinajstić information content (AvgIpc) is 3.16. The SMILES string of the molecule is OCCN1CCN(Cn2nc(C3COc4ccccc4O3)n(-c3ccccc3)c2=S)CC1. The van der Waals surface area contributed by atoms with Gasteiger partial charge in [0.1, 0.15) is 6.61 Å². The maximum atomic E-state index is 9.17. The van der Waals surface area contributed by atoms with Gasteiger partial charge in [-0.2, -0.15) is 5.10 Å². The summed E-state index contributed by atoms with van der Waals surface area (Å²) >= 11 is 5.87. The number of benzene rings is 2. The molecule has 1 saturated heterocycles. The summed E-state index contributed by atoms with van der Waals surface area (Å²) in [7, 11) is 0. The van der Waals surface area contributed by atoms with Gasteiger partial charge in [-0.15, -0.1) is 0 Å². The molecule has 3 aromatic rings. The van der Waals surface area contributed by atoms with Gasteiger partial charge in [-0.05, 0) is 36.5 Å². The van der Waals surface area contributed by atoms with E-state index >= 15 is 0 Å². The summed E-state index contributed by atoms with van der Waals surface area (Å²) in [6, 6.07) is 17.7. The molecule has 3 heterocycles. The summed E-state index contributed by atoms with van der Waals surface area (Å²) in [4.78, 5) is 4.61. The second-order valence-corrected chi connectivity index (χ2v) is 8.37. The minimum atomic E-state index is -0.366. The first-order valence-corrected chi connectivity index (χ1v) is 11.3. The van der Waals surface area contributed by atoms with E-state index in [4.69, 9.17) is 26.8 Å². The Morgan fingerprint density at radius 3 is 2.38 bits per heavy atom. The highest BCUT2D eigenvalue weighted by Crippen LogP contribution is 2.36. The van der Waals surface area contributed by atoms with Crippen LogP contribution < -0.4 is 9.47 Å². The van der Waals surface area contributed by atoms with Crippen molar-refractivity contribution in [2.75, 3.05) is 45.9 Å². The van der Waals surface area contributed by atoms with Crippen LogP contribution in [0.3, 0.4) is 0 Å². The monoisotopic (exact) mass is 453 g/mol. The van der Waals surface area contributed by atoms with Gasteiger partial charge in [0.15, 0.2) is 23.4 Å². The fraction of sp³-hybridized carbons (Fsp3) is 0.391. The Labute approximate surface area is 192 Å². The van der Waals surface area contributed by atoms with E-state index in [1.807, 2.05) is 63.8 Å². The van der Waals surface area contributed by atoms with Crippen LogP contribution in [-0.2, 0) is 6.67 Å². The lowest BCUT2D eigenvalue weighted by atomic mass is 10.2. The van der Waals surface area contributed by atoms with Crippen LogP contribution >= 0.6 is 12.2 Å². The zero-order chi connectivity index (χ0) is 21.9. The van der Waals surface area contributed by atoms with Crippen molar-refractivity contribution in [3.8, 4) is 17.2 Å². The van der Waals surface area contributed by atoms with E-state index in [1.54, 1.807) is 0 Å². The van der Waals surface area contributed by atoms with Gasteiger partial charge in [0.25, 0.3) is 0 Å². The maximum absolute atomic E-state index is 9.17. The van der Waals surface area contributed by atoms with Gasteiger partial charge in [0.05, 0.1) is 13.3 Å². The van der Waals surface area contributed by atoms with Crippen LogP contribution in [0.15, 0.2) is 54.6 Å². The molecule has 0 bridgehead atoms. The van der Waals surface area contributed by atoms with Gasteiger partial charge in [-0.25, -0.2) is 4.68 Å². The number of hydrogen-bond donors (Lipinski definition) is 1. The second-order valence-electron chi connectivity index (χ2n) is 8.00. The summed E-state index contributed by atoms with van der Waals surface area (Å²) in [6.45, 7) is 5.58. The van der Waals surface area contributed by atoms with Gasteiger partial charge >= 0.3 is 0 Å². The number of hydrogen-bond acceptors (Lipinski definition) is 7. The number of β-amino-alcohol motifs (C(OH)–C–C–N with tert-alkyl or cyclic N) is 1. The predicted octanol–water partition coefficient (Wildman–Crippen LogP) is 2.48. The highest BCUT2D eigenvalue weighted by atomic mass is 32.1. The van der Waals surface area contributed by atoms with Crippen LogP contribution in [-0.4, -0.2) is 75.2 Å². The van der Waals surface area contributed by atoms with E-state index < -0.39 is 0 Å². The van der Waals surface area contributed by atoms with E-state index in [9.17, 15) is 5.11 Å². The summed E-state index contributed by atoms with van der Waals surface area (Å²) in [6.07, 6.45) is -0.366. The molecule has 1 N–H and O–H groups in total. The van der Waals surface area contributed by atoms with Gasteiger partial charge in [0, 0.05) is 38.4 Å². The normalized spacial score (nSPS) is 19.2. The first-order chi connectivity index (χ1) is 15.7. The van der Waals surface area contributed by atoms with Crippen molar-refractivity contribution in [1.82, 2.24) is 24.1 Å². The Kier molecular flexibility index (Phi) is 6.22. The molecule has 8 nitrogen and oxygen atoms in total. The summed E-state index contributed by atoms with van der Waals surface area (Å²) in [5.41, 5.74) is 0.953. The predicted molar refractivity (Wildman–Crippen MR) is 123 cm³/mol. The molecule has 9 heteroatoms. The topological polar surface area (TPSA) is 67.9 Å². The molecule has 2 aliphatic rings. The number of aromatic nitrogens is 3. The largest absolute Gasteiger partial charge is 0.485 e. The first-order valence-electron chi connectivity index (χ1n) is 10.9. The zero-order valence-electron chi connectivity index (χ0n) is 17.8. The smallest absolute Gasteiger partial charge is 0.203 e. The fourth-order valence-corrected chi connectivity index (χ4v) is 4.47. The van der Waals surface area contributed by atoms with E-state index in [1.165, 1.54) is 0 Å². The number of fused-ring (bicyclic) bond motifs is 1. The molecule has 0 aliphatic carbocycles. The maximum Gasteiger partial charge on any atom is 0.203 e. The molecule has 32 heavy (non-hydrogen) atoms. The third-order valence-electron chi connectivity index (χ3n) is 5.89. The molecule has 0 amide bonds. The van der Waals surface area contributed by atoms with E-state index in [0.29, 0.717) is 23.8 Å². The lowest BCUT2D eigenvalue weighted by Crippen LogP contribution is -2.47. The van der Waals surface area contributed by atoms with Crippen molar-refractivity contribution in [1.29, 1.82) is 0 Å². The molecule has 0 radical (unpaired) electrons. The van der Waals surface area contributed by atoms with Crippen molar-refractivity contribution in [2.24, 2.45) is 0 Å². The van der Waals surface area contributed by atoms with Crippen LogP contribution in [0.2, 0.25) is 0 Å². The van der Waals surface area contributed by atoms with Crippen molar-refractivity contribution >= 4 is 12.2 Å². The van der Waals surface area contributed by atoms with Crippen LogP contribution in [0.1, 0.15) is 11.9 Å². The van der Waals surface area contributed by atoms with Gasteiger partial charge in [-0.1, -0.05) is 30.3 Å². The number of aliphatic hydroxyl groups is 1. The first kappa shape index (κ1) is 21.1. The fourth-order valence-electron chi connectivity index (χ4n) is 4.18. The van der Waals surface area contributed by atoms with E-state index in [0.717, 1.165) is 50.0 Å². The Bertz CT molecular complexity index is 1110.